The Balaban J connectivity index is 0.000000346. The summed E-state index contributed by atoms with van der Waals surface area (Å²) in [6.45, 7) is 12.5. The Bertz CT molecular complexity index is 426. The first kappa shape index (κ1) is 21.1. The lowest BCUT2D eigenvalue weighted by molar-refractivity contribution is 0.152. The highest BCUT2D eigenvalue weighted by Crippen LogP contribution is 2.20. The Morgan fingerprint density at radius 2 is 1.92 bits per heavy atom. The first-order valence-electron chi connectivity index (χ1n) is 9.59. The second-order valence-electron chi connectivity index (χ2n) is 6.48. The van der Waals surface area contributed by atoms with Crippen LogP contribution in [0.4, 0.5) is 0 Å². The largest absolute Gasteiger partial charge is 0.395 e. The van der Waals surface area contributed by atoms with Gasteiger partial charge in [-0.3, -0.25) is 9.88 Å². The van der Waals surface area contributed by atoms with Crippen LogP contribution in [0.25, 0.3) is 0 Å². The fourth-order valence-electron chi connectivity index (χ4n) is 2.94. The molecule has 0 saturated carbocycles. The molecule has 2 fully saturated rings. The molecule has 1 unspecified atom stereocenters. The summed E-state index contributed by atoms with van der Waals surface area (Å²) >= 11 is 0. The average molecular weight is 337 g/mol. The standard InChI is InChI=1S/C14H22N2O.C4H8O.C2H6/c1-11(2)14-7-3-5-12(15-14)9-16-8-4-6-13(16)10-17;1-2-4-5-3-1;1-2/h3,5,7,11,13,17H,4,6,8-10H2,1-2H3;1-4H2;1-2H3. The van der Waals surface area contributed by atoms with Crippen LogP contribution in [0.5, 0.6) is 0 Å². The molecular formula is C20H36N2O2. The fraction of sp³-hybridized carbons (Fsp3) is 0.750. The Kier molecular flexibility index (Phi) is 10.9. The third-order valence-electron chi connectivity index (χ3n) is 4.32. The average Bonchev–Trinajstić information content (AvgIpc) is 3.31. The summed E-state index contributed by atoms with van der Waals surface area (Å²) in [5.74, 6) is 0.474. The quantitative estimate of drug-likeness (QED) is 0.903. The van der Waals surface area contributed by atoms with Crippen LogP contribution >= 0.6 is 0 Å². The van der Waals surface area contributed by atoms with Crippen molar-refractivity contribution in [2.24, 2.45) is 0 Å². The van der Waals surface area contributed by atoms with E-state index in [2.05, 4.69) is 41.9 Å². The molecule has 0 aromatic carbocycles. The highest BCUT2D eigenvalue weighted by atomic mass is 16.5. The van der Waals surface area contributed by atoms with E-state index in [0.29, 0.717) is 12.0 Å². The van der Waals surface area contributed by atoms with E-state index in [1.807, 2.05) is 13.8 Å². The monoisotopic (exact) mass is 336 g/mol. The number of ether oxygens (including phenoxy) is 1. The molecule has 0 amide bonds. The van der Waals surface area contributed by atoms with Gasteiger partial charge in [0.25, 0.3) is 0 Å². The third kappa shape index (κ3) is 7.29. The number of rotatable bonds is 4. The van der Waals surface area contributed by atoms with Gasteiger partial charge in [-0.15, -0.1) is 0 Å². The summed E-state index contributed by atoms with van der Waals surface area (Å²) in [5.41, 5.74) is 2.28. The van der Waals surface area contributed by atoms with Crippen molar-refractivity contribution in [1.29, 1.82) is 0 Å². The van der Waals surface area contributed by atoms with Gasteiger partial charge in [0.2, 0.25) is 0 Å². The van der Waals surface area contributed by atoms with Crippen LogP contribution in [0.2, 0.25) is 0 Å². The molecule has 24 heavy (non-hydrogen) atoms. The van der Waals surface area contributed by atoms with Crippen molar-refractivity contribution in [3.8, 4) is 0 Å². The molecule has 4 nitrogen and oxygen atoms in total. The van der Waals surface area contributed by atoms with E-state index in [4.69, 9.17) is 4.74 Å². The van der Waals surface area contributed by atoms with Crippen LogP contribution in [0.1, 0.15) is 70.7 Å². The van der Waals surface area contributed by atoms with Gasteiger partial charge in [-0.1, -0.05) is 33.8 Å². The molecule has 2 aliphatic heterocycles. The number of aliphatic hydroxyl groups excluding tert-OH is 1. The fourth-order valence-corrected chi connectivity index (χ4v) is 2.94. The highest BCUT2D eigenvalue weighted by molar-refractivity contribution is 5.14. The minimum absolute atomic E-state index is 0.268. The zero-order valence-electron chi connectivity index (χ0n) is 16.0. The van der Waals surface area contributed by atoms with Crippen molar-refractivity contribution in [1.82, 2.24) is 9.88 Å². The van der Waals surface area contributed by atoms with Crippen molar-refractivity contribution in [3.63, 3.8) is 0 Å². The van der Waals surface area contributed by atoms with Crippen LogP contribution in [-0.4, -0.2) is 47.4 Å². The number of aromatic nitrogens is 1. The van der Waals surface area contributed by atoms with E-state index >= 15 is 0 Å². The second-order valence-corrected chi connectivity index (χ2v) is 6.48. The predicted octanol–water partition coefficient (Wildman–Crippen LogP) is 3.98. The zero-order valence-corrected chi connectivity index (χ0v) is 16.0. The minimum atomic E-state index is 0.268. The molecule has 2 aliphatic rings. The number of nitrogens with zero attached hydrogens (tertiary/aromatic N) is 2. The van der Waals surface area contributed by atoms with Crippen LogP contribution in [0, 0.1) is 0 Å². The maximum Gasteiger partial charge on any atom is 0.0587 e. The molecule has 3 heterocycles. The van der Waals surface area contributed by atoms with Crippen LogP contribution < -0.4 is 0 Å². The third-order valence-corrected chi connectivity index (χ3v) is 4.32. The summed E-state index contributed by atoms with van der Waals surface area (Å²) in [6, 6.07) is 6.58. The van der Waals surface area contributed by atoms with Gasteiger partial charge in [0.15, 0.2) is 0 Å². The highest BCUT2D eigenvalue weighted by Gasteiger charge is 2.23. The van der Waals surface area contributed by atoms with Gasteiger partial charge in [0.1, 0.15) is 0 Å². The predicted molar refractivity (Wildman–Crippen MR) is 100 cm³/mol. The van der Waals surface area contributed by atoms with E-state index < -0.39 is 0 Å². The van der Waals surface area contributed by atoms with Gasteiger partial charge in [0, 0.05) is 31.5 Å². The van der Waals surface area contributed by atoms with Crippen LogP contribution in [-0.2, 0) is 11.3 Å². The van der Waals surface area contributed by atoms with Crippen molar-refractivity contribution in [2.75, 3.05) is 26.4 Å². The summed E-state index contributed by atoms with van der Waals surface area (Å²) in [7, 11) is 0. The molecule has 1 aromatic heterocycles. The molecule has 1 atom stereocenters. The number of pyridine rings is 1. The van der Waals surface area contributed by atoms with Crippen molar-refractivity contribution >= 4 is 0 Å². The number of hydrogen-bond acceptors (Lipinski definition) is 4. The second kappa shape index (κ2) is 12.4. The number of hydrogen-bond donors (Lipinski definition) is 1. The number of aliphatic hydroxyl groups is 1. The lowest BCUT2D eigenvalue weighted by Crippen LogP contribution is -2.31. The lowest BCUT2D eigenvalue weighted by Gasteiger charge is -2.22. The number of likely N-dealkylation sites (tertiary alicyclic amines) is 1. The smallest absolute Gasteiger partial charge is 0.0587 e. The molecule has 0 aliphatic carbocycles. The van der Waals surface area contributed by atoms with Gasteiger partial charge in [-0.25, -0.2) is 0 Å². The molecule has 4 heteroatoms. The lowest BCUT2D eigenvalue weighted by atomic mass is 10.1. The van der Waals surface area contributed by atoms with E-state index in [0.717, 1.165) is 44.1 Å². The summed E-state index contributed by atoms with van der Waals surface area (Å²) in [4.78, 5) is 7.02. The zero-order chi connectivity index (χ0) is 17.8. The van der Waals surface area contributed by atoms with E-state index in [1.165, 1.54) is 19.3 Å². The van der Waals surface area contributed by atoms with Gasteiger partial charge in [0.05, 0.1) is 12.3 Å². The topological polar surface area (TPSA) is 45.6 Å². The van der Waals surface area contributed by atoms with Crippen LogP contribution in [0.3, 0.4) is 0 Å². The van der Waals surface area contributed by atoms with Crippen LogP contribution in [0.15, 0.2) is 18.2 Å². The Labute approximate surface area is 148 Å². The molecule has 138 valence electrons. The summed E-state index contributed by atoms with van der Waals surface area (Å²) in [5, 5.41) is 9.30. The molecular weight excluding hydrogens is 300 g/mol. The van der Waals surface area contributed by atoms with Gasteiger partial charge in [-0.05, 0) is 50.3 Å². The Morgan fingerprint density at radius 3 is 2.46 bits per heavy atom. The Hall–Kier alpha value is -0.970. The molecule has 0 spiro atoms. The van der Waals surface area contributed by atoms with Gasteiger partial charge >= 0.3 is 0 Å². The Morgan fingerprint density at radius 1 is 1.21 bits per heavy atom. The molecule has 1 N–H and O–H groups in total. The van der Waals surface area contributed by atoms with Crippen molar-refractivity contribution in [2.45, 2.75) is 71.9 Å². The molecule has 2 saturated heterocycles. The molecule has 0 bridgehead atoms. The summed E-state index contributed by atoms with van der Waals surface area (Å²) in [6.07, 6.45) is 4.86. The maximum atomic E-state index is 9.30. The maximum absolute atomic E-state index is 9.30. The van der Waals surface area contributed by atoms with E-state index in [1.54, 1.807) is 0 Å². The first-order chi connectivity index (χ1) is 11.7. The molecule has 0 radical (unpaired) electrons. The minimum Gasteiger partial charge on any atom is -0.395 e. The van der Waals surface area contributed by atoms with Crippen molar-refractivity contribution < 1.29 is 9.84 Å². The molecule has 1 aromatic rings. The van der Waals surface area contributed by atoms with E-state index in [9.17, 15) is 5.11 Å². The van der Waals surface area contributed by atoms with Crippen molar-refractivity contribution in [3.05, 3.63) is 29.6 Å². The normalized spacial score (nSPS) is 20.3. The van der Waals surface area contributed by atoms with E-state index in [-0.39, 0.29) is 6.61 Å². The molecule has 3 rings (SSSR count). The SMILES string of the molecule is C1CCOC1.CC.CC(C)c1cccc(CN2CCCC2CO)n1. The first-order valence-corrected chi connectivity index (χ1v) is 9.59. The van der Waals surface area contributed by atoms with Gasteiger partial charge in [-0.2, -0.15) is 0 Å². The summed E-state index contributed by atoms with van der Waals surface area (Å²) < 4.78 is 4.94. The van der Waals surface area contributed by atoms with Gasteiger partial charge < -0.3 is 9.84 Å².